The minimum atomic E-state index is -1.00. The summed E-state index contributed by atoms with van der Waals surface area (Å²) in [5.41, 5.74) is -0.107. The van der Waals surface area contributed by atoms with E-state index in [-0.39, 0.29) is 17.0 Å². The summed E-state index contributed by atoms with van der Waals surface area (Å²) in [5, 5.41) is 10.6. The molecule has 0 amide bonds. The molecule has 0 aliphatic carbocycles. The van der Waals surface area contributed by atoms with Gasteiger partial charge >= 0.3 is 5.97 Å². The van der Waals surface area contributed by atoms with Crippen LogP contribution in [0.4, 0.5) is 0 Å². The third kappa shape index (κ3) is 2.78. The molecule has 0 spiro atoms. The maximum atomic E-state index is 11.4. The van der Waals surface area contributed by atoms with Gasteiger partial charge in [-0.2, -0.15) is 0 Å². The van der Waals surface area contributed by atoms with Gasteiger partial charge in [-0.1, -0.05) is 6.07 Å². The van der Waals surface area contributed by atoms with Crippen LogP contribution in [0.25, 0.3) is 0 Å². The van der Waals surface area contributed by atoms with E-state index in [0.717, 1.165) is 11.3 Å². The summed E-state index contributed by atoms with van der Waals surface area (Å²) in [6.07, 6.45) is 1.66. The summed E-state index contributed by atoms with van der Waals surface area (Å²) in [7, 11) is 0. The van der Waals surface area contributed by atoms with Crippen molar-refractivity contribution in [3.8, 4) is 5.75 Å². The largest absolute Gasteiger partial charge is 0.490 e. The van der Waals surface area contributed by atoms with Crippen LogP contribution in [0, 0.1) is 0 Å². The molecule has 0 aliphatic heterocycles. The molecule has 0 bridgehead atoms. The molecule has 0 aliphatic rings. The molecule has 94 valence electrons. The number of nitrogens with zero attached hydrogens (tertiary/aromatic N) is 1. The summed E-state index contributed by atoms with van der Waals surface area (Å²) in [6.45, 7) is 0.634. The van der Waals surface area contributed by atoms with Crippen LogP contribution < -0.4 is 10.3 Å². The molecule has 0 atom stereocenters. The van der Waals surface area contributed by atoms with E-state index < -0.39 is 5.97 Å². The second kappa shape index (κ2) is 5.50. The molecule has 0 saturated carbocycles. The molecule has 0 aromatic carbocycles. The molecule has 2 rings (SSSR count). The Labute approximate surface area is 107 Å². The zero-order valence-electron chi connectivity index (χ0n) is 9.41. The molecule has 0 fully saturated rings. The first kappa shape index (κ1) is 12.4. The van der Waals surface area contributed by atoms with Crippen molar-refractivity contribution in [2.75, 3.05) is 6.61 Å². The van der Waals surface area contributed by atoms with Crippen LogP contribution in [0.2, 0.25) is 0 Å². The van der Waals surface area contributed by atoms with Crippen molar-refractivity contribution >= 4 is 17.3 Å². The maximum absolute atomic E-state index is 11.4. The molecule has 5 nitrogen and oxygen atoms in total. The molecule has 1 N–H and O–H groups in total. The van der Waals surface area contributed by atoms with E-state index in [4.69, 9.17) is 9.84 Å². The number of thiophene rings is 1. The fraction of sp³-hybridized carbons (Fsp3) is 0.167. The Morgan fingerprint density at radius 1 is 1.39 bits per heavy atom. The molecule has 2 aromatic heterocycles. The molecule has 18 heavy (non-hydrogen) atoms. The Balaban J connectivity index is 1.97. The first-order valence-corrected chi connectivity index (χ1v) is 6.15. The zero-order valence-corrected chi connectivity index (χ0v) is 10.2. The topological polar surface area (TPSA) is 68.5 Å². The van der Waals surface area contributed by atoms with Gasteiger partial charge in [0.15, 0.2) is 4.88 Å². The van der Waals surface area contributed by atoms with Crippen molar-refractivity contribution in [1.82, 2.24) is 4.57 Å². The molecule has 6 heteroatoms. The fourth-order valence-corrected chi connectivity index (χ4v) is 2.14. The smallest absolute Gasteiger partial charge is 0.349 e. The van der Waals surface area contributed by atoms with E-state index in [2.05, 4.69) is 0 Å². The summed E-state index contributed by atoms with van der Waals surface area (Å²) >= 11 is 1.11. The van der Waals surface area contributed by atoms with Crippen molar-refractivity contribution in [2.24, 2.45) is 0 Å². The van der Waals surface area contributed by atoms with Gasteiger partial charge in [-0.25, -0.2) is 4.79 Å². The average molecular weight is 265 g/mol. The number of carboxylic acids is 1. The van der Waals surface area contributed by atoms with Crippen LogP contribution in [-0.4, -0.2) is 22.2 Å². The summed E-state index contributed by atoms with van der Waals surface area (Å²) in [5.74, 6) is -0.659. The van der Waals surface area contributed by atoms with E-state index in [1.165, 1.54) is 10.6 Å². The Morgan fingerprint density at radius 3 is 2.94 bits per heavy atom. The van der Waals surface area contributed by atoms with Crippen molar-refractivity contribution in [3.63, 3.8) is 0 Å². The van der Waals surface area contributed by atoms with E-state index in [1.54, 1.807) is 29.8 Å². The van der Waals surface area contributed by atoms with E-state index >= 15 is 0 Å². The Kier molecular flexibility index (Phi) is 3.78. The lowest BCUT2D eigenvalue weighted by Crippen LogP contribution is -2.21. The average Bonchev–Trinajstić information content (AvgIpc) is 2.80. The first-order valence-electron chi connectivity index (χ1n) is 5.27. The van der Waals surface area contributed by atoms with Gasteiger partial charge < -0.3 is 14.4 Å². The Morgan fingerprint density at radius 2 is 2.22 bits per heavy atom. The predicted octanol–water partition coefficient (Wildman–Crippen LogP) is 1.69. The van der Waals surface area contributed by atoms with Gasteiger partial charge in [-0.3, -0.25) is 4.79 Å². The zero-order chi connectivity index (χ0) is 13.0. The summed E-state index contributed by atoms with van der Waals surface area (Å²) in [4.78, 5) is 22.4. The lowest BCUT2D eigenvalue weighted by atomic mass is 10.4. The van der Waals surface area contributed by atoms with Gasteiger partial charge in [0.2, 0.25) is 0 Å². The molecule has 2 heterocycles. The molecule has 0 unspecified atom stereocenters. The fourth-order valence-electron chi connectivity index (χ4n) is 1.47. The van der Waals surface area contributed by atoms with Gasteiger partial charge in [0, 0.05) is 12.3 Å². The highest BCUT2D eigenvalue weighted by Gasteiger charge is 2.12. The van der Waals surface area contributed by atoms with Gasteiger partial charge in [-0.05, 0) is 17.5 Å². The van der Waals surface area contributed by atoms with Crippen molar-refractivity contribution in [1.29, 1.82) is 0 Å². The van der Waals surface area contributed by atoms with Crippen LogP contribution in [-0.2, 0) is 6.54 Å². The number of ether oxygens (including phenoxy) is 1. The molecular weight excluding hydrogens is 254 g/mol. The quantitative estimate of drug-likeness (QED) is 0.893. The maximum Gasteiger partial charge on any atom is 0.349 e. The molecule has 2 aromatic rings. The van der Waals surface area contributed by atoms with Crippen LogP contribution in [0.15, 0.2) is 40.6 Å². The first-order chi connectivity index (χ1) is 8.68. The highest BCUT2D eigenvalue weighted by Crippen LogP contribution is 2.24. The number of pyridine rings is 1. The second-order valence-corrected chi connectivity index (χ2v) is 4.42. The number of aromatic carboxylic acids is 1. The SMILES string of the molecule is O=C(O)c1sccc1OCCn1ccccc1=O. The third-order valence-electron chi connectivity index (χ3n) is 2.31. The van der Waals surface area contributed by atoms with Gasteiger partial charge in [0.25, 0.3) is 5.56 Å². The highest BCUT2D eigenvalue weighted by atomic mass is 32.1. The van der Waals surface area contributed by atoms with Crippen LogP contribution in [0.5, 0.6) is 5.75 Å². The number of hydrogen-bond acceptors (Lipinski definition) is 4. The number of rotatable bonds is 5. The van der Waals surface area contributed by atoms with Gasteiger partial charge in [0.1, 0.15) is 12.4 Å². The summed E-state index contributed by atoms with van der Waals surface area (Å²) in [6, 6.07) is 6.50. The molecule has 0 radical (unpaired) electrons. The van der Waals surface area contributed by atoms with Gasteiger partial charge in [-0.15, -0.1) is 11.3 Å². The second-order valence-electron chi connectivity index (χ2n) is 3.50. The predicted molar refractivity (Wildman–Crippen MR) is 67.5 cm³/mol. The highest BCUT2D eigenvalue weighted by molar-refractivity contribution is 7.12. The van der Waals surface area contributed by atoms with Crippen LogP contribution in [0.3, 0.4) is 0 Å². The van der Waals surface area contributed by atoms with E-state index in [0.29, 0.717) is 12.3 Å². The molecule has 0 saturated heterocycles. The van der Waals surface area contributed by atoms with Crippen molar-refractivity contribution in [3.05, 3.63) is 51.1 Å². The Hall–Kier alpha value is -2.08. The number of carbonyl (C=O) groups is 1. The standard InChI is InChI=1S/C12H11NO4S/c14-10-3-1-2-5-13(10)6-7-17-9-4-8-18-11(9)12(15)16/h1-5,8H,6-7H2,(H,15,16). The number of aromatic nitrogens is 1. The number of carboxylic acid groups (broad SMARTS) is 1. The number of hydrogen-bond donors (Lipinski definition) is 1. The van der Waals surface area contributed by atoms with Gasteiger partial charge in [0.05, 0.1) is 6.54 Å². The van der Waals surface area contributed by atoms with E-state index in [9.17, 15) is 9.59 Å². The van der Waals surface area contributed by atoms with Crippen molar-refractivity contribution in [2.45, 2.75) is 6.54 Å². The van der Waals surface area contributed by atoms with Crippen LogP contribution in [0.1, 0.15) is 9.67 Å². The third-order valence-corrected chi connectivity index (χ3v) is 3.20. The van der Waals surface area contributed by atoms with E-state index in [1.807, 2.05) is 0 Å². The molecular formula is C12H11NO4S. The van der Waals surface area contributed by atoms with Crippen LogP contribution >= 0.6 is 11.3 Å². The Bertz CT molecular complexity index is 602. The lowest BCUT2D eigenvalue weighted by molar-refractivity contribution is 0.0698. The normalized spacial score (nSPS) is 10.2. The summed E-state index contributed by atoms with van der Waals surface area (Å²) < 4.78 is 6.87. The minimum absolute atomic E-state index is 0.107. The monoisotopic (exact) mass is 265 g/mol. The van der Waals surface area contributed by atoms with Crippen molar-refractivity contribution < 1.29 is 14.6 Å². The minimum Gasteiger partial charge on any atom is -0.490 e. The lowest BCUT2D eigenvalue weighted by Gasteiger charge is -2.07.